The monoisotopic (exact) mass is 474 g/mol. The van der Waals surface area contributed by atoms with Gasteiger partial charge in [0.1, 0.15) is 19.3 Å². The van der Waals surface area contributed by atoms with E-state index in [9.17, 15) is 9.59 Å². The molecule has 0 saturated carbocycles. The minimum absolute atomic E-state index is 0.0634. The van der Waals surface area contributed by atoms with Crippen LogP contribution >= 0.6 is 15.9 Å². The Morgan fingerprint density at radius 1 is 1.07 bits per heavy atom. The average molecular weight is 475 g/mol. The summed E-state index contributed by atoms with van der Waals surface area (Å²) in [6.45, 7) is 5.62. The van der Waals surface area contributed by atoms with E-state index in [-0.39, 0.29) is 11.8 Å². The lowest BCUT2D eigenvalue weighted by Gasteiger charge is -2.29. The van der Waals surface area contributed by atoms with Gasteiger partial charge in [0.05, 0.1) is 0 Å². The van der Waals surface area contributed by atoms with Crippen molar-refractivity contribution in [2.75, 3.05) is 19.8 Å². The quantitative estimate of drug-likeness (QED) is 0.633. The number of amides is 2. The summed E-state index contributed by atoms with van der Waals surface area (Å²) in [4.78, 5) is 27.2. The lowest BCUT2D eigenvalue weighted by Crippen LogP contribution is -2.47. The summed E-state index contributed by atoms with van der Waals surface area (Å²) in [7, 11) is 0. The molecule has 0 spiro atoms. The summed E-state index contributed by atoms with van der Waals surface area (Å²) in [5, 5.41) is 2.81. The van der Waals surface area contributed by atoms with Crippen molar-refractivity contribution in [1.29, 1.82) is 0 Å². The lowest BCUT2D eigenvalue weighted by molar-refractivity contribution is -0.140. The van der Waals surface area contributed by atoms with Crippen LogP contribution in [0.1, 0.15) is 31.4 Å². The molecule has 3 rings (SSSR count). The smallest absolute Gasteiger partial charge is 0.242 e. The van der Waals surface area contributed by atoms with Crippen molar-refractivity contribution in [2.24, 2.45) is 0 Å². The van der Waals surface area contributed by atoms with E-state index in [0.717, 1.165) is 21.3 Å². The number of fused-ring (bicyclic) bond motifs is 1. The Bertz CT molecular complexity index is 885. The van der Waals surface area contributed by atoms with E-state index in [0.29, 0.717) is 44.9 Å². The molecule has 2 amide bonds. The van der Waals surface area contributed by atoms with E-state index in [1.165, 1.54) is 0 Å². The Morgan fingerprint density at radius 3 is 2.43 bits per heavy atom. The Labute approximate surface area is 185 Å². The molecule has 1 unspecified atom stereocenters. The van der Waals surface area contributed by atoms with Gasteiger partial charge in [-0.2, -0.15) is 0 Å². The van der Waals surface area contributed by atoms with Crippen LogP contribution in [0.2, 0.25) is 0 Å². The van der Waals surface area contributed by atoms with Crippen molar-refractivity contribution in [1.82, 2.24) is 10.2 Å². The highest BCUT2D eigenvalue weighted by Crippen LogP contribution is 2.31. The fraction of sp³-hybridized carbons (Fsp3) is 0.391. The van der Waals surface area contributed by atoms with Gasteiger partial charge in [-0.25, -0.2) is 0 Å². The van der Waals surface area contributed by atoms with Crippen LogP contribution in [0.15, 0.2) is 46.9 Å². The van der Waals surface area contributed by atoms with Gasteiger partial charge in [-0.3, -0.25) is 9.59 Å². The molecule has 1 aliphatic heterocycles. The number of halogens is 1. The number of nitrogens with zero attached hydrogens (tertiary/aromatic N) is 1. The molecule has 1 atom stereocenters. The predicted molar refractivity (Wildman–Crippen MR) is 119 cm³/mol. The Morgan fingerprint density at radius 2 is 1.73 bits per heavy atom. The standard InChI is InChI=1S/C23H27BrN2O4/c1-3-25-23(28)16(2)26(15-18-4-8-19(24)9-5-18)22(27)11-7-17-6-10-20-21(14-17)30-13-12-29-20/h4-6,8-10,14,16H,3,7,11-13,15H2,1-2H3,(H,25,28). The highest BCUT2D eigenvalue weighted by atomic mass is 79.9. The summed E-state index contributed by atoms with van der Waals surface area (Å²) in [6, 6.07) is 13.0. The first-order valence-corrected chi connectivity index (χ1v) is 11.0. The number of nitrogens with one attached hydrogen (secondary N) is 1. The van der Waals surface area contributed by atoms with Gasteiger partial charge in [-0.05, 0) is 55.7 Å². The van der Waals surface area contributed by atoms with Crippen molar-refractivity contribution >= 4 is 27.7 Å². The molecule has 0 aliphatic carbocycles. The van der Waals surface area contributed by atoms with E-state index in [2.05, 4.69) is 21.2 Å². The first-order valence-electron chi connectivity index (χ1n) is 10.2. The minimum Gasteiger partial charge on any atom is -0.486 e. The first-order chi connectivity index (χ1) is 14.5. The van der Waals surface area contributed by atoms with E-state index >= 15 is 0 Å². The van der Waals surface area contributed by atoms with Gasteiger partial charge >= 0.3 is 0 Å². The van der Waals surface area contributed by atoms with Gasteiger partial charge in [0, 0.05) is 24.0 Å². The number of hydrogen-bond donors (Lipinski definition) is 1. The van der Waals surface area contributed by atoms with E-state index in [1.807, 2.05) is 49.4 Å². The van der Waals surface area contributed by atoms with Crippen molar-refractivity contribution in [3.63, 3.8) is 0 Å². The summed E-state index contributed by atoms with van der Waals surface area (Å²) < 4.78 is 12.1. The molecule has 1 N–H and O–H groups in total. The number of hydrogen-bond acceptors (Lipinski definition) is 4. The van der Waals surface area contributed by atoms with Crippen molar-refractivity contribution in [3.8, 4) is 11.5 Å². The molecule has 0 radical (unpaired) electrons. The highest BCUT2D eigenvalue weighted by Gasteiger charge is 2.25. The zero-order valence-electron chi connectivity index (χ0n) is 17.3. The van der Waals surface area contributed by atoms with Crippen LogP contribution in [0.25, 0.3) is 0 Å². The molecular weight excluding hydrogens is 448 g/mol. The van der Waals surface area contributed by atoms with Crippen LogP contribution < -0.4 is 14.8 Å². The Kier molecular flexibility index (Phi) is 7.74. The maximum atomic E-state index is 13.1. The number of carbonyl (C=O) groups is 2. The largest absolute Gasteiger partial charge is 0.486 e. The molecule has 1 heterocycles. The maximum Gasteiger partial charge on any atom is 0.242 e. The minimum atomic E-state index is -0.554. The van der Waals surface area contributed by atoms with Gasteiger partial charge in [-0.15, -0.1) is 0 Å². The molecule has 0 bridgehead atoms. The van der Waals surface area contributed by atoms with Crippen molar-refractivity contribution < 1.29 is 19.1 Å². The predicted octanol–water partition coefficient (Wildman–Crippen LogP) is 3.71. The van der Waals surface area contributed by atoms with Crippen LogP contribution in [0.5, 0.6) is 11.5 Å². The van der Waals surface area contributed by atoms with Crippen LogP contribution in [0.3, 0.4) is 0 Å². The number of ether oxygens (including phenoxy) is 2. The molecule has 30 heavy (non-hydrogen) atoms. The summed E-state index contributed by atoms with van der Waals surface area (Å²) in [6.07, 6.45) is 0.869. The van der Waals surface area contributed by atoms with Crippen LogP contribution in [0, 0.1) is 0 Å². The maximum absolute atomic E-state index is 13.1. The van der Waals surface area contributed by atoms with E-state index in [1.54, 1.807) is 11.8 Å². The Hall–Kier alpha value is -2.54. The summed E-state index contributed by atoms with van der Waals surface area (Å²) in [5.41, 5.74) is 1.98. The molecule has 1 aliphatic rings. The fourth-order valence-electron chi connectivity index (χ4n) is 3.33. The SMILES string of the molecule is CCNC(=O)C(C)N(Cc1ccc(Br)cc1)C(=O)CCc1ccc2c(c1)OCCO2. The van der Waals surface area contributed by atoms with Crippen LogP contribution in [0.4, 0.5) is 0 Å². The average Bonchev–Trinajstić information content (AvgIpc) is 2.76. The summed E-state index contributed by atoms with van der Waals surface area (Å²) in [5.74, 6) is 1.24. The van der Waals surface area contributed by atoms with E-state index < -0.39 is 6.04 Å². The molecule has 2 aromatic rings. The lowest BCUT2D eigenvalue weighted by atomic mass is 10.1. The van der Waals surface area contributed by atoms with Crippen LogP contribution in [-0.2, 0) is 22.6 Å². The summed E-state index contributed by atoms with van der Waals surface area (Å²) >= 11 is 3.43. The highest BCUT2D eigenvalue weighted by molar-refractivity contribution is 9.10. The normalized spacial score (nSPS) is 13.4. The topological polar surface area (TPSA) is 67.9 Å². The number of aryl methyl sites for hydroxylation is 1. The Balaban J connectivity index is 1.70. The van der Waals surface area contributed by atoms with Gasteiger partial charge in [-0.1, -0.05) is 34.1 Å². The molecule has 6 nitrogen and oxygen atoms in total. The fourth-order valence-corrected chi connectivity index (χ4v) is 3.59. The van der Waals surface area contributed by atoms with Gasteiger partial charge in [0.15, 0.2) is 11.5 Å². The third-order valence-corrected chi connectivity index (χ3v) is 5.55. The van der Waals surface area contributed by atoms with Crippen molar-refractivity contribution in [3.05, 3.63) is 58.1 Å². The molecule has 7 heteroatoms. The molecule has 160 valence electrons. The second-order valence-electron chi connectivity index (χ2n) is 7.20. The van der Waals surface area contributed by atoms with Crippen LogP contribution in [-0.4, -0.2) is 42.5 Å². The third-order valence-electron chi connectivity index (χ3n) is 5.02. The number of benzene rings is 2. The molecule has 0 fully saturated rings. The van der Waals surface area contributed by atoms with E-state index in [4.69, 9.17) is 9.47 Å². The number of likely N-dealkylation sites (N-methyl/N-ethyl adjacent to an activating group) is 1. The first kappa shape index (κ1) is 22.2. The second-order valence-corrected chi connectivity index (χ2v) is 8.11. The molecule has 0 saturated heterocycles. The second kappa shape index (κ2) is 10.5. The molecular formula is C23H27BrN2O4. The van der Waals surface area contributed by atoms with Crippen molar-refractivity contribution in [2.45, 2.75) is 39.3 Å². The zero-order valence-corrected chi connectivity index (χ0v) is 18.9. The molecule has 0 aromatic heterocycles. The zero-order chi connectivity index (χ0) is 21.5. The van der Waals surface area contributed by atoms with Gasteiger partial charge < -0.3 is 19.7 Å². The van der Waals surface area contributed by atoms with Gasteiger partial charge in [0.25, 0.3) is 0 Å². The molecule has 2 aromatic carbocycles. The van der Waals surface area contributed by atoms with Gasteiger partial charge in [0.2, 0.25) is 11.8 Å². The third kappa shape index (κ3) is 5.75. The number of rotatable bonds is 8. The number of carbonyl (C=O) groups excluding carboxylic acids is 2.